The lowest BCUT2D eigenvalue weighted by atomic mass is 10.00. The average molecular weight is 236 g/mol. The fourth-order valence-corrected chi connectivity index (χ4v) is 1.99. The first-order chi connectivity index (χ1) is 8.15. The van der Waals surface area contributed by atoms with Gasteiger partial charge in [0, 0.05) is 19.2 Å². The van der Waals surface area contributed by atoms with E-state index in [1.807, 2.05) is 13.0 Å². The molecule has 0 aromatic carbocycles. The summed E-state index contributed by atoms with van der Waals surface area (Å²) in [5, 5.41) is 3.89. The zero-order valence-corrected chi connectivity index (χ0v) is 10.5. The Morgan fingerprint density at radius 2 is 2.29 bits per heavy atom. The molecule has 2 rings (SSSR count). The molecular formula is C12H20N4O. The lowest BCUT2D eigenvalue weighted by molar-refractivity contribution is 0.277. The molecule has 0 aliphatic carbocycles. The van der Waals surface area contributed by atoms with Gasteiger partial charge in [-0.05, 0) is 25.7 Å². The molecule has 5 heteroatoms. The third-order valence-electron chi connectivity index (χ3n) is 3.19. The minimum absolute atomic E-state index is 0.495. The van der Waals surface area contributed by atoms with Gasteiger partial charge >= 0.3 is 0 Å². The maximum atomic E-state index is 5.97. The van der Waals surface area contributed by atoms with E-state index in [1.165, 1.54) is 12.8 Å². The van der Waals surface area contributed by atoms with E-state index < -0.39 is 0 Å². The highest BCUT2D eigenvalue weighted by Gasteiger charge is 2.16. The standard InChI is InChI=1S/C12H20N4O/c1-9-3-5-16(6-4-9)12(13)14-8-11-7-10(2)17-15-11/h7,9H,3-6,8H2,1-2H3,(H2,13,14). The van der Waals surface area contributed by atoms with Gasteiger partial charge in [0.25, 0.3) is 0 Å². The zero-order chi connectivity index (χ0) is 12.3. The quantitative estimate of drug-likeness (QED) is 0.624. The minimum Gasteiger partial charge on any atom is -0.370 e. The molecule has 1 aromatic rings. The molecule has 0 saturated carbocycles. The highest BCUT2D eigenvalue weighted by molar-refractivity contribution is 5.78. The third-order valence-corrected chi connectivity index (χ3v) is 3.19. The molecule has 0 bridgehead atoms. The van der Waals surface area contributed by atoms with E-state index in [0.29, 0.717) is 12.5 Å². The second-order valence-electron chi connectivity index (χ2n) is 4.77. The van der Waals surface area contributed by atoms with Crippen LogP contribution in [-0.2, 0) is 6.54 Å². The van der Waals surface area contributed by atoms with Gasteiger partial charge in [0.15, 0.2) is 5.96 Å². The van der Waals surface area contributed by atoms with E-state index in [-0.39, 0.29) is 0 Å². The van der Waals surface area contributed by atoms with Crippen molar-refractivity contribution in [2.75, 3.05) is 13.1 Å². The largest absolute Gasteiger partial charge is 0.370 e. The van der Waals surface area contributed by atoms with Gasteiger partial charge in [-0.1, -0.05) is 12.1 Å². The summed E-state index contributed by atoms with van der Waals surface area (Å²) in [7, 11) is 0. The highest BCUT2D eigenvalue weighted by Crippen LogP contribution is 2.15. The van der Waals surface area contributed by atoms with Crippen LogP contribution in [0, 0.1) is 12.8 Å². The van der Waals surface area contributed by atoms with Gasteiger partial charge in [-0.2, -0.15) is 0 Å². The van der Waals surface area contributed by atoms with Crippen molar-refractivity contribution in [2.24, 2.45) is 16.6 Å². The maximum Gasteiger partial charge on any atom is 0.191 e. The summed E-state index contributed by atoms with van der Waals surface area (Å²) in [6.45, 7) is 6.66. The van der Waals surface area contributed by atoms with Crippen molar-refractivity contribution >= 4 is 5.96 Å². The van der Waals surface area contributed by atoms with Crippen molar-refractivity contribution < 1.29 is 4.52 Å². The summed E-state index contributed by atoms with van der Waals surface area (Å²) in [5.41, 5.74) is 6.80. The first-order valence-corrected chi connectivity index (χ1v) is 6.12. The number of nitrogens with zero attached hydrogens (tertiary/aromatic N) is 3. The number of aryl methyl sites for hydroxylation is 1. The summed E-state index contributed by atoms with van der Waals surface area (Å²) in [5.74, 6) is 2.23. The highest BCUT2D eigenvalue weighted by atomic mass is 16.5. The van der Waals surface area contributed by atoms with Crippen molar-refractivity contribution in [2.45, 2.75) is 33.2 Å². The molecule has 2 heterocycles. The summed E-state index contributed by atoms with van der Waals surface area (Å²) in [4.78, 5) is 6.50. The Balaban J connectivity index is 1.88. The van der Waals surface area contributed by atoms with Crippen molar-refractivity contribution in [1.82, 2.24) is 10.1 Å². The Morgan fingerprint density at radius 3 is 2.88 bits per heavy atom. The normalized spacial score (nSPS) is 18.7. The van der Waals surface area contributed by atoms with Gasteiger partial charge in [-0.25, -0.2) is 4.99 Å². The smallest absolute Gasteiger partial charge is 0.191 e. The monoisotopic (exact) mass is 236 g/mol. The molecule has 94 valence electrons. The van der Waals surface area contributed by atoms with E-state index in [1.54, 1.807) is 0 Å². The molecule has 1 saturated heterocycles. The van der Waals surface area contributed by atoms with Crippen LogP contribution < -0.4 is 5.73 Å². The van der Waals surface area contributed by atoms with Crippen LogP contribution in [-0.4, -0.2) is 29.1 Å². The van der Waals surface area contributed by atoms with Gasteiger partial charge in [0.05, 0.1) is 6.54 Å². The topological polar surface area (TPSA) is 67.7 Å². The maximum absolute atomic E-state index is 5.97. The molecule has 1 aliphatic heterocycles. The number of aliphatic imine (C=N–C) groups is 1. The minimum atomic E-state index is 0.495. The fraction of sp³-hybridized carbons (Fsp3) is 0.667. The molecule has 2 N–H and O–H groups in total. The van der Waals surface area contributed by atoms with E-state index >= 15 is 0 Å². The van der Waals surface area contributed by atoms with E-state index in [2.05, 4.69) is 22.0 Å². The van der Waals surface area contributed by atoms with Gasteiger partial charge in [-0.3, -0.25) is 0 Å². The van der Waals surface area contributed by atoms with Crippen LogP contribution in [0.1, 0.15) is 31.2 Å². The van der Waals surface area contributed by atoms with Crippen molar-refractivity contribution in [1.29, 1.82) is 0 Å². The molecule has 17 heavy (non-hydrogen) atoms. The summed E-state index contributed by atoms with van der Waals surface area (Å²) < 4.78 is 4.98. The first-order valence-electron chi connectivity index (χ1n) is 6.12. The second-order valence-corrected chi connectivity index (χ2v) is 4.77. The molecule has 0 radical (unpaired) electrons. The molecule has 5 nitrogen and oxygen atoms in total. The van der Waals surface area contributed by atoms with E-state index in [4.69, 9.17) is 10.3 Å². The Kier molecular flexibility index (Phi) is 3.66. The molecule has 1 aromatic heterocycles. The SMILES string of the molecule is Cc1cc(CN=C(N)N2CCC(C)CC2)no1. The van der Waals surface area contributed by atoms with Crippen molar-refractivity contribution in [3.05, 3.63) is 17.5 Å². The number of nitrogens with two attached hydrogens (primary N) is 1. The van der Waals surface area contributed by atoms with Crippen molar-refractivity contribution in [3.63, 3.8) is 0 Å². The number of guanidine groups is 1. The molecular weight excluding hydrogens is 216 g/mol. The van der Waals surface area contributed by atoms with Gasteiger partial charge in [0.1, 0.15) is 11.5 Å². The Bertz CT molecular complexity index is 391. The predicted molar refractivity (Wildman–Crippen MR) is 66.5 cm³/mol. The predicted octanol–water partition coefficient (Wildman–Crippen LogP) is 1.53. The van der Waals surface area contributed by atoms with Crippen LogP contribution in [0.25, 0.3) is 0 Å². The van der Waals surface area contributed by atoms with Crippen LogP contribution in [0.5, 0.6) is 0 Å². The summed E-state index contributed by atoms with van der Waals surface area (Å²) >= 11 is 0. The number of hydrogen-bond acceptors (Lipinski definition) is 3. The van der Waals surface area contributed by atoms with Gasteiger partial charge in [-0.15, -0.1) is 0 Å². The number of likely N-dealkylation sites (tertiary alicyclic amines) is 1. The van der Waals surface area contributed by atoms with Crippen LogP contribution in [0.4, 0.5) is 0 Å². The molecule has 0 amide bonds. The first kappa shape index (κ1) is 12.0. The average Bonchev–Trinajstić information content (AvgIpc) is 2.73. The Morgan fingerprint density at radius 1 is 1.59 bits per heavy atom. The van der Waals surface area contributed by atoms with Crippen LogP contribution in [0.2, 0.25) is 0 Å². The lowest BCUT2D eigenvalue weighted by Gasteiger charge is -2.30. The van der Waals surface area contributed by atoms with E-state index in [9.17, 15) is 0 Å². The zero-order valence-electron chi connectivity index (χ0n) is 10.5. The molecule has 0 spiro atoms. The van der Waals surface area contributed by atoms with Gasteiger partial charge in [0.2, 0.25) is 0 Å². The number of aromatic nitrogens is 1. The molecule has 1 aliphatic rings. The third kappa shape index (κ3) is 3.22. The Labute approximate surface area is 102 Å². The molecule has 0 unspecified atom stereocenters. The van der Waals surface area contributed by atoms with E-state index in [0.717, 1.165) is 30.5 Å². The number of piperidine rings is 1. The van der Waals surface area contributed by atoms with Crippen LogP contribution >= 0.6 is 0 Å². The van der Waals surface area contributed by atoms with Gasteiger partial charge < -0.3 is 15.2 Å². The Hall–Kier alpha value is -1.52. The number of hydrogen-bond donors (Lipinski definition) is 1. The summed E-state index contributed by atoms with van der Waals surface area (Å²) in [6.07, 6.45) is 2.39. The lowest BCUT2D eigenvalue weighted by Crippen LogP contribution is -2.42. The molecule has 1 fully saturated rings. The van der Waals surface area contributed by atoms with Crippen LogP contribution in [0.15, 0.2) is 15.6 Å². The van der Waals surface area contributed by atoms with Crippen molar-refractivity contribution in [3.8, 4) is 0 Å². The second kappa shape index (κ2) is 5.21. The number of rotatable bonds is 2. The summed E-state index contributed by atoms with van der Waals surface area (Å²) in [6, 6.07) is 1.88. The molecule has 0 atom stereocenters. The fourth-order valence-electron chi connectivity index (χ4n) is 1.99. The van der Waals surface area contributed by atoms with Crippen LogP contribution in [0.3, 0.4) is 0 Å².